The van der Waals surface area contributed by atoms with Gasteiger partial charge in [0.1, 0.15) is 29.3 Å². The van der Waals surface area contributed by atoms with E-state index in [0.717, 1.165) is 23.1 Å². The lowest BCUT2D eigenvalue weighted by molar-refractivity contribution is -0.141. The first kappa shape index (κ1) is 34.2. The highest BCUT2D eigenvalue weighted by Crippen LogP contribution is 2.46. The van der Waals surface area contributed by atoms with Gasteiger partial charge in [0.15, 0.2) is 0 Å². The maximum absolute atomic E-state index is 14.3. The van der Waals surface area contributed by atoms with Crippen molar-refractivity contribution >= 4 is 55.4 Å². The van der Waals surface area contributed by atoms with Crippen LogP contribution in [0.2, 0.25) is 0 Å². The molecule has 6 rings (SSSR count). The van der Waals surface area contributed by atoms with Gasteiger partial charge in [-0.05, 0) is 71.4 Å². The number of thiazole rings is 1. The Balaban J connectivity index is 1.28. The van der Waals surface area contributed by atoms with Crippen molar-refractivity contribution in [2.24, 2.45) is 5.92 Å². The Morgan fingerprint density at radius 3 is 2.60 bits per heavy atom. The molecular formula is C33H43N5O8S2. The van der Waals surface area contributed by atoms with E-state index in [2.05, 4.69) is 20.3 Å². The Bertz CT molecular complexity index is 1680. The number of alkyl carbamates (subject to hydrolysis) is 1. The number of hydrogen-bond donors (Lipinski definition) is 3. The molecule has 13 nitrogen and oxygen atoms in total. The Kier molecular flexibility index (Phi) is 9.46. The number of allylic oxidation sites excluding steroid dienone is 1. The van der Waals surface area contributed by atoms with Crippen molar-refractivity contribution in [1.29, 1.82) is 0 Å². The van der Waals surface area contributed by atoms with Gasteiger partial charge in [-0.25, -0.2) is 18.2 Å². The normalized spacial score (nSPS) is 28.4. The summed E-state index contributed by atoms with van der Waals surface area (Å²) >= 11 is 1.35. The molecule has 5 atom stereocenters. The minimum Gasteiger partial charge on any atom is -0.465 e. The van der Waals surface area contributed by atoms with Crippen molar-refractivity contribution in [2.45, 2.75) is 113 Å². The number of amides is 4. The molecule has 0 spiro atoms. The zero-order valence-corrected chi connectivity index (χ0v) is 29.0. The van der Waals surface area contributed by atoms with Crippen LogP contribution in [-0.4, -0.2) is 83.2 Å². The van der Waals surface area contributed by atoms with Crippen LogP contribution < -0.4 is 20.1 Å². The summed E-state index contributed by atoms with van der Waals surface area (Å²) in [4.78, 5) is 60.8. The third-order valence-electron chi connectivity index (χ3n) is 9.08. The first-order valence-electron chi connectivity index (χ1n) is 16.6. The molecule has 48 heavy (non-hydrogen) atoms. The maximum atomic E-state index is 14.3. The Morgan fingerprint density at radius 2 is 1.88 bits per heavy atom. The fourth-order valence-corrected chi connectivity index (χ4v) is 8.59. The summed E-state index contributed by atoms with van der Waals surface area (Å²) in [6, 6.07) is 5.56. The van der Waals surface area contributed by atoms with Crippen molar-refractivity contribution in [3.8, 4) is 5.19 Å². The number of carbonyl (C=O) groups is 4. The number of rotatable bonds is 6. The Hall–Kier alpha value is -3.72. The molecule has 4 amide bonds. The maximum Gasteiger partial charge on any atom is 0.408 e. The van der Waals surface area contributed by atoms with Crippen LogP contribution in [0.25, 0.3) is 10.2 Å². The van der Waals surface area contributed by atoms with Gasteiger partial charge in [0.25, 0.3) is 11.1 Å². The van der Waals surface area contributed by atoms with E-state index in [-0.39, 0.29) is 19.4 Å². The smallest absolute Gasteiger partial charge is 0.408 e. The molecule has 0 radical (unpaired) electrons. The van der Waals surface area contributed by atoms with Gasteiger partial charge in [0.2, 0.25) is 21.8 Å². The standard InChI is InChI=1S/C33H43N5O8S2/c1-32(2,3)46-30(42)34-24-13-8-6-4-5-7-11-20-18-33(20,29(41)37-48(43,44)22-15-16-22)36-27(39)25-17-21(19-38(25)28(24)40)45-31-35-23-12-9-10-14-26(23)47-31/h7,9-12,14,20-22,24-25H,4-6,8,13,15-19H2,1-3H3,(H,34,42)(H,36,39)(H,37,41)/t20-,21-,24+,25+,33-/m1/s1. The highest BCUT2D eigenvalue weighted by atomic mass is 32.2. The van der Waals surface area contributed by atoms with Gasteiger partial charge in [-0.2, -0.15) is 0 Å². The van der Waals surface area contributed by atoms with E-state index < -0.39 is 74.3 Å². The molecule has 260 valence electrons. The lowest BCUT2D eigenvalue weighted by Crippen LogP contribution is -2.58. The van der Waals surface area contributed by atoms with Crippen LogP contribution in [-0.2, 0) is 29.1 Å². The summed E-state index contributed by atoms with van der Waals surface area (Å²) in [5.41, 5.74) is -1.48. The third-order valence-corrected chi connectivity index (χ3v) is 11.8. The van der Waals surface area contributed by atoms with Gasteiger partial charge in [-0.15, -0.1) is 0 Å². The SMILES string of the molecule is CC(C)(C)OC(=O)N[C@H]1CCCCCC=C[C@@H]2C[C@@]2(C(=O)NS(=O)(=O)C2CC2)NC(=O)[C@@H]2C[C@@H](Oc3nc4ccccc4s3)CN2C1=O. The van der Waals surface area contributed by atoms with Gasteiger partial charge in [0, 0.05) is 12.3 Å². The van der Waals surface area contributed by atoms with Crippen molar-refractivity contribution in [3.05, 3.63) is 36.4 Å². The topological polar surface area (TPSA) is 173 Å². The average Bonchev–Trinajstić information content (AvgIpc) is 3.89. The van der Waals surface area contributed by atoms with E-state index in [0.29, 0.717) is 37.3 Å². The summed E-state index contributed by atoms with van der Waals surface area (Å²) in [6.45, 7) is 5.24. The lowest BCUT2D eigenvalue weighted by atomic mass is 10.0. The predicted octanol–water partition coefficient (Wildman–Crippen LogP) is 3.54. The molecule has 1 aromatic carbocycles. The largest absolute Gasteiger partial charge is 0.465 e. The van der Waals surface area contributed by atoms with Gasteiger partial charge in [0.05, 0.1) is 22.0 Å². The fraction of sp³-hybridized carbons (Fsp3) is 0.606. The first-order chi connectivity index (χ1) is 22.7. The Labute approximate surface area is 284 Å². The summed E-state index contributed by atoms with van der Waals surface area (Å²) < 4.78 is 40.3. The number of hydrogen-bond acceptors (Lipinski definition) is 10. The molecule has 0 unspecified atom stereocenters. The number of benzene rings is 1. The molecule has 3 heterocycles. The van der Waals surface area contributed by atoms with Crippen molar-refractivity contribution in [2.75, 3.05) is 6.54 Å². The van der Waals surface area contributed by atoms with Crippen LogP contribution in [0.1, 0.15) is 78.6 Å². The number of fused-ring (bicyclic) bond motifs is 3. The van der Waals surface area contributed by atoms with E-state index in [4.69, 9.17) is 9.47 Å². The summed E-state index contributed by atoms with van der Waals surface area (Å²) in [5, 5.41) is 5.38. The van der Waals surface area contributed by atoms with Crippen LogP contribution in [0.15, 0.2) is 36.4 Å². The molecule has 0 bridgehead atoms. The average molecular weight is 702 g/mol. The number of aromatic nitrogens is 1. The Morgan fingerprint density at radius 1 is 1.10 bits per heavy atom. The molecule has 1 saturated heterocycles. The second-order valence-electron chi connectivity index (χ2n) is 14.1. The highest BCUT2D eigenvalue weighted by Gasteiger charge is 2.62. The fourth-order valence-electron chi connectivity index (χ4n) is 6.34. The third kappa shape index (κ3) is 7.77. The van der Waals surface area contributed by atoms with Crippen LogP contribution in [0.5, 0.6) is 5.19 Å². The first-order valence-corrected chi connectivity index (χ1v) is 19.0. The van der Waals surface area contributed by atoms with Crippen LogP contribution in [0.4, 0.5) is 4.79 Å². The quantitative estimate of drug-likeness (QED) is 0.381. The van der Waals surface area contributed by atoms with E-state index >= 15 is 0 Å². The molecule has 1 aromatic heterocycles. The number of ether oxygens (including phenoxy) is 2. The molecule has 2 aromatic rings. The molecule has 3 fully saturated rings. The molecular weight excluding hydrogens is 659 g/mol. The number of carbonyl (C=O) groups excluding carboxylic acids is 4. The van der Waals surface area contributed by atoms with E-state index in [1.807, 2.05) is 36.4 Å². The van der Waals surface area contributed by atoms with E-state index in [1.165, 1.54) is 16.2 Å². The molecule has 3 N–H and O–H groups in total. The molecule has 15 heteroatoms. The second kappa shape index (κ2) is 13.3. The molecule has 2 aliphatic heterocycles. The summed E-state index contributed by atoms with van der Waals surface area (Å²) in [7, 11) is -3.86. The predicted molar refractivity (Wildman–Crippen MR) is 179 cm³/mol. The summed E-state index contributed by atoms with van der Waals surface area (Å²) in [5.74, 6) is -2.24. The van der Waals surface area contributed by atoms with Gasteiger partial charge in [-0.3, -0.25) is 19.1 Å². The van der Waals surface area contributed by atoms with Gasteiger partial charge < -0.3 is 25.0 Å². The van der Waals surface area contributed by atoms with Crippen LogP contribution in [0.3, 0.4) is 0 Å². The number of nitrogens with zero attached hydrogens (tertiary/aromatic N) is 2. The molecule has 2 aliphatic carbocycles. The monoisotopic (exact) mass is 701 g/mol. The van der Waals surface area contributed by atoms with Crippen molar-refractivity contribution < 1.29 is 37.1 Å². The molecule has 4 aliphatic rings. The van der Waals surface area contributed by atoms with Crippen molar-refractivity contribution in [1.82, 2.24) is 25.2 Å². The number of para-hydroxylation sites is 1. The highest BCUT2D eigenvalue weighted by molar-refractivity contribution is 7.91. The zero-order chi connectivity index (χ0) is 34.3. The van der Waals surface area contributed by atoms with E-state index in [9.17, 15) is 27.6 Å². The van der Waals surface area contributed by atoms with Crippen LogP contribution in [0, 0.1) is 5.92 Å². The van der Waals surface area contributed by atoms with E-state index in [1.54, 1.807) is 20.8 Å². The van der Waals surface area contributed by atoms with Gasteiger partial charge in [-0.1, -0.05) is 48.5 Å². The molecule has 2 saturated carbocycles. The minimum absolute atomic E-state index is 0.0396. The van der Waals surface area contributed by atoms with Crippen molar-refractivity contribution in [3.63, 3.8) is 0 Å². The minimum atomic E-state index is -3.86. The van der Waals surface area contributed by atoms with Crippen LogP contribution >= 0.6 is 11.3 Å². The zero-order valence-electron chi connectivity index (χ0n) is 27.4. The van der Waals surface area contributed by atoms with Gasteiger partial charge >= 0.3 is 6.09 Å². The number of nitrogens with one attached hydrogen (secondary N) is 3. The second-order valence-corrected chi connectivity index (χ2v) is 17.1. The lowest BCUT2D eigenvalue weighted by Gasteiger charge is -2.30. The number of sulfonamides is 1. The summed E-state index contributed by atoms with van der Waals surface area (Å²) in [6.07, 6.45) is 7.05.